The minimum Gasteiger partial charge on any atom is -0.435 e. The smallest absolute Gasteiger partial charge is 0.387 e. The highest BCUT2D eigenvalue weighted by molar-refractivity contribution is 5.93. The fourth-order valence-electron chi connectivity index (χ4n) is 3.24. The number of hydrogen-bond donors (Lipinski definition) is 1. The third-order valence-corrected chi connectivity index (χ3v) is 4.70. The first-order chi connectivity index (χ1) is 13.0. The third kappa shape index (κ3) is 4.60. The average Bonchev–Trinajstić information content (AvgIpc) is 3.04. The van der Waals surface area contributed by atoms with Gasteiger partial charge >= 0.3 is 6.61 Å². The van der Waals surface area contributed by atoms with E-state index in [9.17, 15) is 13.6 Å². The van der Waals surface area contributed by atoms with Gasteiger partial charge in [0.2, 0.25) is 0 Å². The fraction of sp³-hybridized carbons (Fsp3) is 0.500. The Morgan fingerprint density at radius 2 is 2.00 bits per heavy atom. The molecular formula is C18H23F2N5O2. The molecule has 1 fully saturated rings. The highest BCUT2D eigenvalue weighted by Gasteiger charge is 2.24. The van der Waals surface area contributed by atoms with E-state index in [4.69, 9.17) is 0 Å². The first kappa shape index (κ1) is 19.2. The Labute approximate surface area is 156 Å². The van der Waals surface area contributed by atoms with Gasteiger partial charge in [0.05, 0.1) is 11.7 Å². The summed E-state index contributed by atoms with van der Waals surface area (Å²) >= 11 is 0. The van der Waals surface area contributed by atoms with Crippen LogP contribution in [0.1, 0.15) is 40.6 Å². The molecule has 1 aliphatic heterocycles. The van der Waals surface area contributed by atoms with E-state index in [1.807, 2.05) is 11.6 Å². The van der Waals surface area contributed by atoms with E-state index >= 15 is 0 Å². The number of rotatable bonds is 6. The first-order valence-corrected chi connectivity index (χ1v) is 8.87. The summed E-state index contributed by atoms with van der Waals surface area (Å²) in [5, 5.41) is 11.6. The van der Waals surface area contributed by atoms with E-state index in [1.54, 1.807) is 19.2 Å². The average molecular weight is 379 g/mol. The molecule has 3 rings (SSSR count). The number of piperidine rings is 1. The number of carbonyl (C=O) groups is 1. The van der Waals surface area contributed by atoms with Crippen molar-refractivity contribution < 1.29 is 18.3 Å². The monoisotopic (exact) mass is 379 g/mol. The van der Waals surface area contributed by atoms with Crippen LogP contribution in [0.3, 0.4) is 0 Å². The van der Waals surface area contributed by atoms with Gasteiger partial charge in [-0.15, -0.1) is 5.10 Å². The number of nitrogens with zero attached hydrogens (tertiary/aromatic N) is 4. The molecule has 0 bridgehead atoms. The van der Waals surface area contributed by atoms with Crippen LogP contribution in [0.2, 0.25) is 0 Å². The van der Waals surface area contributed by atoms with Crippen molar-refractivity contribution in [1.29, 1.82) is 0 Å². The van der Waals surface area contributed by atoms with Gasteiger partial charge in [0.25, 0.3) is 5.91 Å². The number of amides is 1. The number of carbonyl (C=O) groups excluding carboxylic acids is 1. The Morgan fingerprint density at radius 1 is 1.33 bits per heavy atom. The molecule has 1 saturated heterocycles. The van der Waals surface area contributed by atoms with Crippen molar-refractivity contribution in [2.24, 2.45) is 0 Å². The Kier molecular flexibility index (Phi) is 6.00. The lowest BCUT2D eigenvalue weighted by Gasteiger charge is -2.23. The van der Waals surface area contributed by atoms with Crippen LogP contribution in [0.4, 0.5) is 8.78 Å². The van der Waals surface area contributed by atoms with Gasteiger partial charge < -0.3 is 15.0 Å². The van der Waals surface area contributed by atoms with Crippen LogP contribution >= 0.6 is 0 Å². The number of hydrogen-bond acceptors (Lipinski definition) is 5. The second-order valence-electron chi connectivity index (χ2n) is 6.63. The van der Waals surface area contributed by atoms with Crippen LogP contribution in [0.15, 0.2) is 24.3 Å². The molecule has 0 atom stereocenters. The molecule has 146 valence electrons. The van der Waals surface area contributed by atoms with Gasteiger partial charge in [0.15, 0.2) is 5.69 Å². The fourth-order valence-corrected chi connectivity index (χ4v) is 3.24. The summed E-state index contributed by atoms with van der Waals surface area (Å²) in [5.74, 6) is -0.135. The summed E-state index contributed by atoms with van der Waals surface area (Å²) in [5.41, 5.74) is 1.91. The second-order valence-corrected chi connectivity index (χ2v) is 6.63. The predicted molar refractivity (Wildman–Crippen MR) is 94.8 cm³/mol. The van der Waals surface area contributed by atoms with Crippen LogP contribution in [0.25, 0.3) is 0 Å². The third-order valence-electron chi connectivity index (χ3n) is 4.70. The van der Waals surface area contributed by atoms with Crippen molar-refractivity contribution in [3.8, 4) is 5.75 Å². The van der Waals surface area contributed by atoms with Crippen molar-refractivity contribution in [2.75, 3.05) is 20.1 Å². The lowest BCUT2D eigenvalue weighted by molar-refractivity contribution is -0.0498. The van der Waals surface area contributed by atoms with Gasteiger partial charge in [0, 0.05) is 13.6 Å². The highest BCUT2D eigenvalue weighted by atomic mass is 19.3. The zero-order valence-corrected chi connectivity index (χ0v) is 15.4. The Morgan fingerprint density at radius 3 is 2.63 bits per heavy atom. The highest BCUT2D eigenvalue weighted by Crippen LogP contribution is 2.21. The van der Waals surface area contributed by atoms with E-state index < -0.39 is 6.61 Å². The quantitative estimate of drug-likeness (QED) is 0.834. The van der Waals surface area contributed by atoms with E-state index in [2.05, 4.69) is 20.4 Å². The zero-order chi connectivity index (χ0) is 19.4. The molecule has 1 aromatic heterocycles. The van der Waals surface area contributed by atoms with E-state index in [-0.39, 0.29) is 17.7 Å². The lowest BCUT2D eigenvalue weighted by atomic mass is 10.1. The number of ether oxygens (including phenoxy) is 1. The summed E-state index contributed by atoms with van der Waals surface area (Å²) < 4.78 is 30.6. The summed E-state index contributed by atoms with van der Waals surface area (Å²) in [4.78, 5) is 14.3. The summed E-state index contributed by atoms with van der Waals surface area (Å²) in [6.07, 6.45) is 1.92. The van der Waals surface area contributed by atoms with Crippen LogP contribution < -0.4 is 10.1 Å². The largest absolute Gasteiger partial charge is 0.435 e. The molecule has 7 nitrogen and oxygen atoms in total. The molecule has 0 unspecified atom stereocenters. The van der Waals surface area contributed by atoms with Gasteiger partial charge in [-0.3, -0.25) is 4.79 Å². The SMILES string of the molecule is Cc1c(C(=O)N(C)Cc2ccc(OC(F)F)cc2)nnn1C1CCNCC1. The number of alkyl halides is 2. The molecule has 1 N–H and O–H groups in total. The Bertz CT molecular complexity index is 773. The number of benzene rings is 1. The maximum atomic E-state index is 12.8. The van der Waals surface area contributed by atoms with Crippen LogP contribution in [-0.4, -0.2) is 52.5 Å². The molecule has 9 heteroatoms. The van der Waals surface area contributed by atoms with Crippen LogP contribution in [-0.2, 0) is 6.54 Å². The van der Waals surface area contributed by atoms with Crippen molar-refractivity contribution >= 4 is 5.91 Å². The van der Waals surface area contributed by atoms with E-state index in [0.717, 1.165) is 37.2 Å². The van der Waals surface area contributed by atoms with Crippen LogP contribution in [0, 0.1) is 6.92 Å². The van der Waals surface area contributed by atoms with Crippen LogP contribution in [0.5, 0.6) is 5.75 Å². The van der Waals surface area contributed by atoms with Crippen molar-refractivity contribution in [1.82, 2.24) is 25.2 Å². The summed E-state index contributed by atoms with van der Waals surface area (Å²) in [7, 11) is 1.68. The van der Waals surface area contributed by atoms with Crippen molar-refractivity contribution in [3.05, 3.63) is 41.2 Å². The molecule has 2 heterocycles. The molecular weight excluding hydrogens is 356 g/mol. The predicted octanol–water partition coefficient (Wildman–Crippen LogP) is 2.38. The lowest BCUT2D eigenvalue weighted by Crippen LogP contribution is -2.30. The molecule has 1 aliphatic rings. The summed E-state index contributed by atoms with van der Waals surface area (Å²) in [6, 6.07) is 6.48. The Balaban J connectivity index is 1.66. The standard InChI is InChI=1S/C18H23F2N5O2/c1-12-16(22-23-25(12)14-7-9-21-10-8-14)17(26)24(2)11-13-3-5-15(6-4-13)27-18(19)20/h3-6,14,18,21H,7-11H2,1-2H3. The van der Waals surface area contributed by atoms with Crippen molar-refractivity contribution in [3.63, 3.8) is 0 Å². The molecule has 2 aromatic rings. The normalized spacial score (nSPS) is 15.1. The second kappa shape index (κ2) is 8.43. The maximum Gasteiger partial charge on any atom is 0.387 e. The molecule has 0 spiro atoms. The van der Waals surface area contributed by atoms with Gasteiger partial charge in [-0.25, -0.2) is 4.68 Å². The number of nitrogens with one attached hydrogen (secondary N) is 1. The maximum absolute atomic E-state index is 12.8. The zero-order valence-electron chi connectivity index (χ0n) is 15.4. The number of halogens is 2. The molecule has 0 aliphatic carbocycles. The molecule has 1 amide bonds. The van der Waals surface area contributed by atoms with Gasteiger partial charge in [-0.05, 0) is 50.6 Å². The minimum atomic E-state index is -2.86. The van der Waals surface area contributed by atoms with Gasteiger partial charge in [-0.1, -0.05) is 17.3 Å². The van der Waals surface area contributed by atoms with Gasteiger partial charge in [-0.2, -0.15) is 8.78 Å². The van der Waals surface area contributed by atoms with E-state index in [1.165, 1.54) is 17.0 Å². The molecule has 27 heavy (non-hydrogen) atoms. The topological polar surface area (TPSA) is 72.3 Å². The molecule has 0 saturated carbocycles. The molecule has 1 aromatic carbocycles. The van der Waals surface area contributed by atoms with E-state index in [0.29, 0.717) is 12.2 Å². The first-order valence-electron chi connectivity index (χ1n) is 8.87. The summed E-state index contributed by atoms with van der Waals surface area (Å²) in [6.45, 7) is 1.19. The van der Waals surface area contributed by atoms with Gasteiger partial charge in [0.1, 0.15) is 5.75 Å². The van der Waals surface area contributed by atoms with Crippen molar-refractivity contribution in [2.45, 2.75) is 39.0 Å². The molecule has 0 radical (unpaired) electrons. The Hall–Kier alpha value is -2.55. The number of aromatic nitrogens is 3. The minimum absolute atomic E-state index is 0.0866.